The minimum atomic E-state index is 0.711. The highest BCUT2D eigenvalue weighted by Gasteiger charge is 2.01. The first-order valence-electron chi connectivity index (χ1n) is 5.80. The fourth-order valence-corrected chi connectivity index (χ4v) is 1.94. The Labute approximate surface area is 96.7 Å². The fraction of sp³-hybridized carbons (Fsp3) is 0.357. The smallest absolute Gasteiger partial charge is 0.0490 e. The molecule has 2 rings (SSSR count). The molecule has 0 radical (unpaired) electrons. The predicted molar refractivity (Wildman–Crippen MR) is 66.4 cm³/mol. The first-order chi connectivity index (χ1) is 7.74. The van der Waals surface area contributed by atoms with Crippen molar-refractivity contribution in [3.05, 3.63) is 53.3 Å². The summed E-state index contributed by atoms with van der Waals surface area (Å²) in [5, 5.41) is 6.96. The van der Waals surface area contributed by atoms with Crippen molar-refractivity contribution in [1.29, 1.82) is 0 Å². The van der Waals surface area contributed by atoms with Crippen LogP contribution >= 0.6 is 0 Å². The van der Waals surface area contributed by atoms with E-state index in [0.717, 1.165) is 12.8 Å². The van der Waals surface area contributed by atoms with E-state index < -0.39 is 0 Å². The molecule has 0 spiro atoms. The molecule has 0 aliphatic carbocycles. The van der Waals surface area contributed by atoms with Crippen LogP contribution in [0.1, 0.15) is 30.7 Å². The zero-order valence-electron chi connectivity index (χ0n) is 9.90. The maximum atomic E-state index is 3.96. The molecular weight excluding hydrogens is 196 g/mol. The number of benzene rings is 1. The van der Waals surface area contributed by atoms with Crippen LogP contribution in [0.15, 0.2) is 36.5 Å². The quantitative estimate of drug-likeness (QED) is 0.832. The second-order valence-corrected chi connectivity index (χ2v) is 4.68. The first kappa shape index (κ1) is 10.9. The van der Waals surface area contributed by atoms with Crippen LogP contribution in [0.3, 0.4) is 0 Å². The van der Waals surface area contributed by atoms with E-state index in [9.17, 15) is 0 Å². The molecule has 2 heteroatoms. The molecule has 84 valence electrons. The van der Waals surface area contributed by atoms with Gasteiger partial charge in [-0.25, -0.2) is 0 Å². The summed E-state index contributed by atoms with van der Waals surface area (Å²) in [4.78, 5) is 0. The van der Waals surface area contributed by atoms with Gasteiger partial charge in [0, 0.05) is 18.3 Å². The summed E-state index contributed by atoms with van der Waals surface area (Å²) in [6.07, 6.45) is 3.88. The molecule has 1 aromatic heterocycles. The van der Waals surface area contributed by atoms with E-state index in [4.69, 9.17) is 0 Å². The summed E-state index contributed by atoms with van der Waals surface area (Å²) in [5.41, 5.74) is 3.94. The van der Waals surface area contributed by atoms with Crippen molar-refractivity contribution < 1.29 is 0 Å². The Hall–Kier alpha value is -1.57. The number of aromatic amines is 1. The molecular formula is C14H18N2. The van der Waals surface area contributed by atoms with E-state index in [0.29, 0.717) is 5.92 Å². The zero-order valence-corrected chi connectivity index (χ0v) is 9.90. The van der Waals surface area contributed by atoms with Gasteiger partial charge in [-0.3, -0.25) is 5.10 Å². The highest BCUT2D eigenvalue weighted by Crippen LogP contribution is 2.13. The average molecular weight is 214 g/mol. The van der Waals surface area contributed by atoms with Gasteiger partial charge in [-0.2, -0.15) is 5.10 Å². The zero-order chi connectivity index (χ0) is 11.4. The molecule has 1 N–H and O–H groups in total. The number of hydrogen-bond donors (Lipinski definition) is 1. The number of hydrogen-bond acceptors (Lipinski definition) is 1. The molecule has 0 saturated carbocycles. The highest BCUT2D eigenvalue weighted by molar-refractivity contribution is 5.27. The number of nitrogens with zero attached hydrogens (tertiary/aromatic N) is 1. The van der Waals surface area contributed by atoms with Crippen molar-refractivity contribution >= 4 is 0 Å². The van der Waals surface area contributed by atoms with Gasteiger partial charge in [-0.1, -0.05) is 38.1 Å². The molecule has 1 heterocycles. The van der Waals surface area contributed by atoms with Gasteiger partial charge in [0.15, 0.2) is 0 Å². The van der Waals surface area contributed by atoms with Gasteiger partial charge >= 0.3 is 0 Å². The normalized spacial score (nSPS) is 10.9. The van der Waals surface area contributed by atoms with Crippen LogP contribution in [0, 0.1) is 5.92 Å². The van der Waals surface area contributed by atoms with E-state index in [2.05, 4.69) is 48.3 Å². The van der Waals surface area contributed by atoms with Crippen LogP contribution in [-0.2, 0) is 12.8 Å². The average Bonchev–Trinajstić information content (AvgIpc) is 2.70. The summed E-state index contributed by atoms with van der Waals surface area (Å²) in [6, 6.07) is 10.8. The third-order valence-electron chi connectivity index (χ3n) is 2.59. The standard InChI is InChI=1S/C14H18N2/c1-11(2)8-12-4-3-5-13(9-12)10-14-6-7-15-16-14/h3-7,9,11H,8,10H2,1-2H3,(H,15,16). The Morgan fingerprint density at radius 1 is 1.19 bits per heavy atom. The topological polar surface area (TPSA) is 28.7 Å². The Morgan fingerprint density at radius 3 is 2.69 bits per heavy atom. The second kappa shape index (κ2) is 4.97. The Kier molecular flexibility index (Phi) is 3.40. The second-order valence-electron chi connectivity index (χ2n) is 4.68. The Bertz CT molecular complexity index is 430. The number of aromatic nitrogens is 2. The van der Waals surface area contributed by atoms with Crippen molar-refractivity contribution in [2.45, 2.75) is 26.7 Å². The number of H-pyrrole nitrogens is 1. The van der Waals surface area contributed by atoms with Crippen molar-refractivity contribution in [3.63, 3.8) is 0 Å². The van der Waals surface area contributed by atoms with E-state index in [-0.39, 0.29) is 0 Å². The minimum Gasteiger partial charge on any atom is -0.282 e. The summed E-state index contributed by atoms with van der Waals surface area (Å²) < 4.78 is 0. The van der Waals surface area contributed by atoms with Gasteiger partial charge < -0.3 is 0 Å². The van der Waals surface area contributed by atoms with E-state index in [1.165, 1.54) is 16.8 Å². The third kappa shape index (κ3) is 2.96. The van der Waals surface area contributed by atoms with Crippen LogP contribution in [0.25, 0.3) is 0 Å². The van der Waals surface area contributed by atoms with Crippen LogP contribution in [0.2, 0.25) is 0 Å². The Balaban J connectivity index is 2.10. The molecule has 2 aromatic rings. The molecule has 0 fully saturated rings. The van der Waals surface area contributed by atoms with Crippen molar-refractivity contribution in [1.82, 2.24) is 10.2 Å². The van der Waals surface area contributed by atoms with E-state index >= 15 is 0 Å². The van der Waals surface area contributed by atoms with Crippen LogP contribution in [0.4, 0.5) is 0 Å². The lowest BCUT2D eigenvalue weighted by Gasteiger charge is -2.06. The van der Waals surface area contributed by atoms with Crippen molar-refractivity contribution in [2.24, 2.45) is 5.92 Å². The molecule has 0 aliphatic rings. The van der Waals surface area contributed by atoms with E-state index in [1.54, 1.807) is 6.20 Å². The lowest BCUT2D eigenvalue weighted by Crippen LogP contribution is -1.96. The van der Waals surface area contributed by atoms with Gasteiger partial charge in [0.25, 0.3) is 0 Å². The number of nitrogens with one attached hydrogen (secondary N) is 1. The van der Waals surface area contributed by atoms with Crippen LogP contribution < -0.4 is 0 Å². The molecule has 0 unspecified atom stereocenters. The summed E-state index contributed by atoms with van der Waals surface area (Å²) in [5.74, 6) is 0.711. The molecule has 0 aliphatic heterocycles. The lowest BCUT2D eigenvalue weighted by molar-refractivity contribution is 0.647. The molecule has 0 bridgehead atoms. The largest absolute Gasteiger partial charge is 0.282 e. The van der Waals surface area contributed by atoms with Gasteiger partial charge in [0.05, 0.1) is 0 Å². The molecule has 2 nitrogen and oxygen atoms in total. The van der Waals surface area contributed by atoms with Gasteiger partial charge in [-0.05, 0) is 29.5 Å². The van der Waals surface area contributed by atoms with Gasteiger partial charge in [0.1, 0.15) is 0 Å². The van der Waals surface area contributed by atoms with Gasteiger partial charge in [-0.15, -0.1) is 0 Å². The lowest BCUT2D eigenvalue weighted by atomic mass is 9.99. The highest BCUT2D eigenvalue weighted by atomic mass is 15.1. The SMILES string of the molecule is CC(C)Cc1cccc(Cc2ccn[nH]2)c1. The Morgan fingerprint density at radius 2 is 2.00 bits per heavy atom. The van der Waals surface area contributed by atoms with Gasteiger partial charge in [0.2, 0.25) is 0 Å². The molecule has 0 atom stereocenters. The van der Waals surface area contributed by atoms with Crippen LogP contribution in [0.5, 0.6) is 0 Å². The maximum Gasteiger partial charge on any atom is 0.0490 e. The first-order valence-corrected chi connectivity index (χ1v) is 5.80. The molecule has 1 aromatic carbocycles. The molecule has 0 saturated heterocycles. The summed E-state index contributed by atoms with van der Waals surface area (Å²) in [6.45, 7) is 4.50. The maximum absolute atomic E-state index is 3.96. The summed E-state index contributed by atoms with van der Waals surface area (Å²) >= 11 is 0. The number of rotatable bonds is 4. The molecule has 0 amide bonds. The molecule has 16 heavy (non-hydrogen) atoms. The van der Waals surface area contributed by atoms with Crippen molar-refractivity contribution in [3.8, 4) is 0 Å². The predicted octanol–water partition coefficient (Wildman–Crippen LogP) is 3.20. The third-order valence-corrected chi connectivity index (χ3v) is 2.59. The van der Waals surface area contributed by atoms with Crippen molar-refractivity contribution in [2.75, 3.05) is 0 Å². The van der Waals surface area contributed by atoms with Crippen LogP contribution in [-0.4, -0.2) is 10.2 Å². The minimum absolute atomic E-state index is 0.711. The monoisotopic (exact) mass is 214 g/mol. The summed E-state index contributed by atoms with van der Waals surface area (Å²) in [7, 11) is 0. The van der Waals surface area contributed by atoms with E-state index in [1.807, 2.05) is 6.07 Å². The fourth-order valence-electron chi connectivity index (χ4n) is 1.94.